The number of rotatable bonds is 6. The Morgan fingerprint density at radius 2 is 2.04 bits per heavy atom. The average molecular weight is 402 g/mol. The summed E-state index contributed by atoms with van der Waals surface area (Å²) in [6, 6.07) is 14.7. The molecule has 1 heterocycles. The van der Waals surface area contributed by atoms with Crippen LogP contribution in [0.15, 0.2) is 59.3 Å². The van der Waals surface area contributed by atoms with E-state index >= 15 is 0 Å². The first-order chi connectivity index (χ1) is 12.1. The molecule has 0 N–H and O–H groups in total. The van der Waals surface area contributed by atoms with Crippen LogP contribution in [0.5, 0.6) is 5.75 Å². The minimum absolute atomic E-state index is 0.0886. The van der Waals surface area contributed by atoms with E-state index in [1.165, 1.54) is 11.0 Å². The number of likely N-dealkylation sites (N-methyl/N-ethyl adjacent to an activating group) is 1. The number of halogens is 1. The lowest BCUT2D eigenvalue weighted by atomic mass is 10.2. The molecule has 1 aromatic heterocycles. The summed E-state index contributed by atoms with van der Waals surface area (Å²) in [4.78, 5) is 14.2. The van der Waals surface area contributed by atoms with Gasteiger partial charge in [0.2, 0.25) is 0 Å². The molecule has 128 valence electrons. The first kappa shape index (κ1) is 17.1. The number of hydrogen-bond donors (Lipinski definition) is 0. The summed E-state index contributed by atoms with van der Waals surface area (Å²) in [5.74, 6) is 0.680. The normalized spacial score (nSPS) is 10.5. The Balaban J connectivity index is 1.58. The molecule has 25 heavy (non-hydrogen) atoms. The Labute approximate surface area is 153 Å². The van der Waals surface area contributed by atoms with Gasteiger partial charge in [0.1, 0.15) is 18.7 Å². The van der Waals surface area contributed by atoms with Crippen molar-refractivity contribution in [2.24, 2.45) is 0 Å². The van der Waals surface area contributed by atoms with Gasteiger partial charge in [-0.25, -0.2) is 4.68 Å². The zero-order valence-corrected chi connectivity index (χ0v) is 15.1. The maximum absolute atomic E-state index is 12.6. The maximum atomic E-state index is 12.6. The quantitative estimate of drug-likeness (QED) is 0.634. The molecule has 0 aliphatic rings. The minimum Gasteiger partial charge on any atom is -0.492 e. The Kier molecular flexibility index (Phi) is 5.39. The van der Waals surface area contributed by atoms with Crippen LogP contribution in [0.3, 0.4) is 0 Å². The van der Waals surface area contributed by atoms with Crippen molar-refractivity contribution < 1.29 is 9.53 Å². The Bertz CT molecular complexity index is 837. The second-order valence-electron chi connectivity index (χ2n) is 5.33. The third-order valence-corrected chi connectivity index (χ3v) is 4.09. The van der Waals surface area contributed by atoms with Crippen molar-refractivity contribution in [1.82, 2.24) is 25.1 Å². The van der Waals surface area contributed by atoms with Gasteiger partial charge >= 0.3 is 0 Å². The first-order valence-electron chi connectivity index (χ1n) is 7.61. The zero-order valence-electron chi connectivity index (χ0n) is 13.5. The van der Waals surface area contributed by atoms with Gasteiger partial charge in [-0.3, -0.25) is 4.79 Å². The van der Waals surface area contributed by atoms with Crippen LogP contribution in [0, 0.1) is 0 Å². The summed E-state index contributed by atoms with van der Waals surface area (Å²) in [6.07, 6.45) is 1.49. The second kappa shape index (κ2) is 7.89. The van der Waals surface area contributed by atoms with Gasteiger partial charge in [-0.1, -0.05) is 22.0 Å². The van der Waals surface area contributed by atoms with E-state index in [-0.39, 0.29) is 5.91 Å². The summed E-state index contributed by atoms with van der Waals surface area (Å²) in [5, 5.41) is 11.0. The molecule has 0 unspecified atom stereocenters. The van der Waals surface area contributed by atoms with Gasteiger partial charge in [-0.05, 0) is 52.9 Å². The molecule has 0 aliphatic carbocycles. The van der Waals surface area contributed by atoms with E-state index in [0.29, 0.717) is 18.7 Å². The second-order valence-corrected chi connectivity index (χ2v) is 6.25. The third-order valence-electron chi connectivity index (χ3n) is 3.56. The van der Waals surface area contributed by atoms with E-state index in [1.54, 1.807) is 30.1 Å². The molecule has 0 atom stereocenters. The van der Waals surface area contributed by atoms with Gasteiger partial charge in [0.25, 0.3) is 5.91 Å². The van der Waals surface area contributed by atoms with Gasteiger partial charge in [0.05, 0.1) is 12.2 Å². The number of aromatic nitrogens is 4. The number of amides is 1. The van der Waals surface area contributed by atoms with E-state index in [4.69, 9.17) is 4.74 Å². The maximum Gasteiger partial charge on any atom is 0.253 e. The molecule has 3 rings (SSSR count). The fourth-order valence-electron chi connectivity index (χ4n) is 2.21. The molecule has 8 heteroatoms. The van der Waals surface area contributed by atoms with Gasteiger partial charge in [-0.15, -0.1) is 5.10 Å². The van der Waals surface area contributed by atoms with Crippen LogP contribution in [0.4, 0.5) is 0 Å². The van der Waals surface area contributed by atoms with Crippen LogP contribution in [-0.2, 0) is 0 Å². The smallest absolute Gasteiger partial charge is 0.253 e. The molecule has 7 nitrogen and oxygen atoms in total. The molecule has 3 aromatic rings. The van der Waals surface area contributed by atoms with Crippen molar-refractivity contribution in [3.8, 4) is 11.4 Å². The fraction of sp³-hybridized carbons (Fsp3) is 0.176. The van der Waals surface area contributed by atoms with E-state index in [0.717, 1.165) is 15.9 Å². The highest BCUT2D eigenvalue weighted by Gasteiger charge is 2.13. The zero-order chi connectivity index (χ0) is 17.6. The predicted molar refractivity (Wildman–Crippen MR) is 95.8 cm³/mol. The summed E-state index contributed by atoms with van der Waals surface area (Å²) in [6.45, 7) is 0.889. The van der Waals surface area contributed by atoms with Crippen molar-refractivity contribution in [3.05, 3.63) is 64.9 Å². The van der Waals surface area contributed by atoms with Gasteiger partial charge in [-0.2, -0.15) is 0 Å². The molecule has 0 spiro atoms. The van der Waals surface area contributed by atoms with Crippen LogP contribution < -0.4 is 4.74 Å². The van der Waals surface area contributed by atoms with Crippen molar-refractivity contribution in [1.29, 1.82) is 0 Å². The van der Waals surface area contributed by atoms with Crippen LogP contribution in [0.25, 0.3) is 5.69 Å². The molecule has 0 saturated heterocycles. The highest BCUT2D eigenvalue weighted by atomic mass is 79.9. The lowest BCUT2D eigenvalue weighted by Crippen LogP contribution is -2.30. The van der Waals surface area contributed by atoms with Crippen LogP contribution >= 0.6 is 15.9 Å². The van der Waals surface area contributed by atoms with Crippen molar-refractivity contribution >= 4 is 21.8 Å². The standard InChI is InChI=1S/C17H16BrN5O2/c1-22(9-10-25-16-7-5-14(18)6-8-16)17(24)13-3-2-4-15(11-13)23-12-19-20-21-23/h2-8,11-12H,9-10H2,1H3. The number of nitrogens with zero attached hydrogens (tertiary/aromatic N) is 5. The molecule has 0 saturated carbocycles. The van der Waals surface area contributed by atoms with E-state index in [9.17, 15) is 4.79 Å². The molecular weight excluding hydrogens is 386 g/mol. The minimum atomic E-state index is -0.0886. The molecule has 1 amide bonds. The van der Waals surface area contributed by atoms with E-state index < -0.39 is 0 Å². The molecule has 0 radical (unpaired) electrons. The molecule has 0 aliphatic heterocycles. The van der Waals surface area contributed by atoms with E-state index in [2.05, 4.69) is 31.5 Å². The summed E-state index contributed by atoms with van der Waals surface area (Å²) >= 11 is 3.38. The number of carbonyl (C=O) groups excluding carboxylic acids is 1. The first-order valence-corrected chi connectivity index (χ1v) is 8.40. The Hall–Kier alpha value is -2.74. The highest BCUT2D eigenvalue weighted by Crippen LogP contribution is 2.16. The average Bonchev–Trinajstić information content (AvgIpc) is 3.17. The summed E-state index contributed by atoms with van der Waals surface area (Å²) in [5.41, 5.74) is 1.30. The SMILES string of the molecule is CN(CCOc1ccc(Br)cc1)C(=O)c1cccc(-n2cnnn2)c1. The predicted octanol–water partition coefficient (Wildman–Crippen LogP) is 2.58. The highest BCUT2D eigenvalue weighted by molar-refractivity contribution is 9.10. The summed E-state index contributed by atoms with van der Waals surface area (Å²) in [7, 11) is 1.75. The Morgan fingerprint density at radius 1 is 1.24 bits per heavy atom. The monoisotopic (exact) mass is 401 g/mol. The topological polar surface area (TPSA) is 73.1 Å². The number of benzene rings is 2. The van der Waals surface area contributed by atoms with Crippen molar-refractivity contribution in [2.45, 2.75) is 0 Å². The summed E-state index contributed by atoms with van der Waals surface area (Å²) < 4.78 is 8.16. The van der Waals surface area contributed by atoms with Gasteiger partial charge in [0.15, 0.2) is 0 Å². The van der Waals surface area contributed by atoms with Crippen molar-refractivity contribution in [2.75, 3.05) is 20.2 Å². The molecular formula is C17H16BrN5O2. The molecule has 2 aromatic carbocycles. The number of tetrazole rings is 1. The lowest BCUT2D eigenvalue weighted by Gasteiger charge is -2.18. The van der Waals surface area contributed by atoms with Crippen LogP contribution in [-0.4, -0.2) is 51.2 Å². The van der Waals surface area contributed by atoms with E-state index in [1.807, 2.05) is 30.3 Å². The van der Waals surface area contributed by atoms with Crippen molar-refractivity contribution in [3.63, 3.8) is 0 Å². The number of carbonyl (C=O) groups is 1. The molecule has 0 fully saturated rings. The third kappa shape index (κ3) is 4.42. The van der Waals surface area contributed by atoms with Gasteiger partial charge < -0.3 is 9.64 Å². The Morgan fingerprint density at radius 3 is 2.76 bits per heavy atom. The lowest BCUT2D eigenvalue weighted by molar-refractivity contribution is 0.0773. The number of hydrogen-bond acceptors (Lipinski definition) is 5. The van der Waals surface area contributed by atoms with Gasteiger partial charge in [0, 0.05) is 17.1 Å². The fourth-order valence-corrected chi connectivity index (χ4v) is 2.48. The largest absolute Gasteiger partial charge is 0.492 e. The molecule has 0 bridgehead atoms. The van der Waals surface area contributed by atoms with Crippen LogP contribution in [0.2, 0.25) is 0 Å². The number of ether oxygens (including phenoxy) is 1. The van der Waals surface area contributed by atoms with Crippen LogP contribution in [0.1, 0.15) is 10.4 Å².